The van der Waals surface area contributed by atoms with Crippen LogP contribution in [-0.4, -0.2) is 57.7 Å². The largest absolute Gasteiger partial charge is 0.306 e. The van der Waals surface area contributed by atoms with Crippen molar-refractivity contribution in [1.29, 1.82) is 0 Å². The zero-order chi connectivity index (χ0) is 21.0. The second-order valence-electron chi connectivity index (χ2n) is 8.75. The first-order chi connectivity index (χ1) is 14.3. The molecule has 2 saturated heterocycles. The molecule has 0 N–H and O–H groups in total. The van der Waals surface area contributed by atoms with Crippen molar-refractivity contribution in [3.8, 4) is 0 Å². The maximum atomic E-state index is 13.6. The number of hydrogen-bond acceptors (Lipinski definition) is 4. The average molecular weight is 426 g/mol. The number of piperidine rings is 1. The van der Waals surface area contributed by atoms with Gasteiger partial charge in [-0.2, -0.15) is 0 Å². The minimum Gasteiger partial charge on any atom is -0.306 e. The minimum atomic E-state index is -3.22. The summed E-state index contributed by atoms with van der Waals surface area (Å²) >= 11 is 0. The number of aryl methyl sites for hydroxylation is 1. The number of nitrogens with zero attached hydrogens (tertiary/aromatic N) is 3. The fourth-order valence-corrected chi connectivity index (χ4v) is 6.75. The zero-order valence-electron chi connectivity index (χ0n) is 17.4. The van der Waals surface area contributed by atoms with Crippen LogP contribution in [0.4, 0.5) is 11.4 Å². The lowest BCUT2D eigenvalue weighted by Crippen LogP contribution is -2.47. The molecule has 3 aliphatic rings. The van der Waals surface area contributed by atoms with Gasteiger partial charge in [0.15, 0.2) is 0 Å². The number of sulfonamides is 1. The number of amides is 1. The van der Waals surface area contributed by atoms with Gasteiger partial charge >= 0.3 is 0 Å². The molecule has 0 radical (unpaired) electrons. The number of benzene rings is 2. The van der Waals surface area contributed by atoms with Crippen molar-refractivity contribution < 1.29 is 13.2 Å². The van der Waals surface area contributed by atoms with E-state index in [0.717, 1.165) is 25.2 Å². The molecule has 0 saturated carbocycles. The van der Waals surface area contributed by atoms with E-state index in [1.807, 2.05) is 4.90 Å². The number of hydrogen-bond donors (Lipinski definition) is 0. The van der Waals surface area contributed by atoms with Crippen LogP contribution < -0.4 is 9.21 Å². The van der Waals surface area contributed by atoms with Crippen molar-refractivity contribution in [3.63, 3.8) is 0 Å². The van der Waals surface area contributed by atoms with Crippen molar-refractivity contribution >= 4 is 27.3 Å². The highest BCUT2D eigenvalue weighted by Crippen LogP contribution is 2.45. The van der Waals surface area contributed by atoms with Crippen molar-refractivity contribution in [2.24, 2.45) is 0 Å². The van der Waals surface area contributed by atoms with Crippen molar-refractivity contribution in [3.05, 3.63) is 59.2 Å². The quantitative estimate of drug-likeness (QED) is 0.742. The SMILES string of the molecule is Cc1ccc2c(c1)[C@@H]1CN(C)CC[C@@H]1N2C(=O)c1ccc(N2CCCS2(=O)=O)cc1. The Labute approximate surface area is 178 Å². The second kappa shape index (κ2) is 7.10. The number of likely N-dealkylation sites (tertiary alicyclic amines) is 1. The fraction of sp³-hybridized carbons (Fsp3) is 0.435. The van der Waals surface area contributed by atoms with Crippen LogP contribution in [0.3, 0.4) is 0 Å². The lowest BCUT2D eigenvalue weighted by atomic mass is 9.88. The Balaban J connectivity index is 1.47. The van der Waals surface area contributed by atoms with E-state index in [4.69, 9.17) is 0 Å². The molecule has 3 heterocycles. The summed E-state index contributed by atoms with van der Waals surface area (Å²) in [6.45, 7) is 4.53. The van der Waals surface area contributed by atoms with E-state index in [1.54, 1.807) is 24.3 Å². The highest BCUT2D eigenvalue weighted by Gasteiger charge is 2.44. The van der Waals surface area contributed by atoms with Crippen LogP contribution in [0.25, 0.3) is 0 Å². The molecule has 6 nitrogen and oxygen atoms in total. The number of fused-ring (bicyclic) bond motifs is 3. The van der Waals surface area contributed by atoms with Crippen LogP contribution in [0, 0.1) is 6.92 Å². The highest BCUT2D eigenvalue weighted by molar-refractivity contribution is 7.93. The van der Waals surface area contributed by atoms with Crippen LogP contribution in [0.5, 0.6) is 0 Å². The molecule has 0 aromatic heterocycles. The van der Waals surface area contributed by atoms with Gasteiger partial charge in [0.2, 0.25) is 10.0 Å². The minimum absolute atomic E-state index is 0.00650. The molecule has 2 fully saturated rings. The van der Waals surface area contributed by atoms with Gasteiger partial charge in [-0.3, -0.25) is 9.10 Å². The third-order valence-electron chi connectivity index (χ3n) is 6.67. The average Bonchev–Trinajstić information content (AvgIpc) is 3.23. The Bertz CT molecular complexity index is 1100. The Hall–Kier alpha value is -2.38. The summed E-state index contributed by atoms with van der Waals surface area (Å²) < 4.78 is 25.8. The molecule has 2 atom stereocenters. The first kappa shape index (κ1) is 19.6. The maximum Gasteiger partial charge on any atom is 0.258 e. The van der Waals surface area contributed by atoms with Crippen LogP contribution >= 0.6 is 0 Å². The molecular weight excluding hydrogens is 398 g/mol. The van der Waals surface area contributed by atoms with Gasteiger partial charge in [-0.05, 0) is 69.3 Å². The number of carbonyl (C=O) groups excluding carboxylic acids is 1. The summed E-state index contributed by atoms with van der Waals surface area (Å²) in [5.41, 5.74) is 4.73. The van der Waals surface area contributed by atoms with Crippen molar-refractivity contribution in [2.45, 2.75) is 31.7 Å². The summed E-state index contributed by atoms with van der Waals surface area (Å²) in [6, 6.07) is 13.6. The van der Waals surface area contributed by atoms with Gasteiger partial charge in [0.1, 0.15) is 0 Å². The normalized spacial score (nSPS) is 25.3. The molecule has 1 amide bonds. The second-order valence-corrected chi connectivity index (χ2v) is 10.8. The van der Waals surface area contributed by atoms with Gasteiger partial charge in [-0.25, -0.2) is 8.42 Å². The predicted octanol–water partition coefficient (Wildman–Crippen LogP) is 2.98. The lowest BCUT2D eigenvalue weighted by Gasteiger charge is -2.36. The van der Waals surface area contributed by atoms with Gasteiger partial charge in [0.25, 0.3) is 5.91 Å². The molecule has 0 spiro atoms. The van der Waals surface area contributed by atoms with Crippen LogP contribution in [0.15, 0.2) is 42.5 Å². The van der Waals surface area contributed by atoms with Crippen LogP contribution in [-0.2, 0) is 10.0 Å². The topological polar surface area (TPSA) is 60.9 Å². The fourth-order valence-electron chi connectivity index (χ4n) is 5.19. The van der Waals surface area contributed by atoms with E-state index in [-0.39, 0.29) is 17.7 Å². The highest BCUT2D eigenvalue weighted by atomic mass is 32.2. The van der Waals surface area contributed by atoms with Gasteiger partial charge in [0.05, 0.1) is 11.4 Å². The summed E-state index contributed by atoms with van der Waals surface area (Å²) in [6.07, 6.45) is 1.59. The number of likely N-dealkylation sites (N-methyl/N-ethyl adjacent to an activating group) is 1. The van der Waals surface area contributed by atoms with E-state index in [2.05, 4.69) is 37.1 Å². The molecule has 0 bridgehead atoms. The maximum absolute atomic E-state index is 13.6. The molecule has 7 heteroatoms. The van der Waals surface area contributed by atoms with E-state index in [9.17, 15) is 13.2 Å². The van der Waals surface area contributed by atoms with Crippen molar-refractivity contribution in [2.75, 3.05) is 41.6 Å². The third kappa shape index (κ3) is 3.11. The standard InChI is InChI=1S/C23H27N3O3S/c1-16-4-9-21-19(14-16)20-15-24(2)12-10-22(20)26(21)23(27)17-5-7-18(8-6-17)25-11-3-13-30(25,28)29/h4-9,14,20,22H,3,10-13,15H2,1-2H3/t20-,22-/m0/s1. The number of rotatable bonds is 2. The van der Waals surface area contributed by atoms with Gasteiger partial charge in [-0.15, -0.1) is 0 Å². The lowest BCUT2D eigenvalue weighted by molar-refractivity contribution is 0.0964. The molecule has 0 unspecified atom stereocenters. The van der Waals surface area contributed by atoms with Gasteiger partial charge < -0.3 is 9.80 Å². The van der Waals surface area contributed by atoms with Crippen molar-refractivity contribution in [1.82, 2.24) is 4.90 Å². The van der Waals surface area contributed by atoms with Crippen LogP contribution in [0.1, 0.15) is 40.2 Å². The van der Waals surface area contributed by atoms with E-state index in [0.29, 0.717) is 30.1 Å². The van der Waals surface area contributed by atoms with E-state index >= 15 is 0 Å². The molecule has 2 aromatic carbocycles. The third-order valence-corrected chi connectivity index (χ3v) is 8.54. The van der Waals surface area contributed by atoms with E-state index in [1.165, 1.54) is 15.4 Å². The van der Waals surface area contributed by atoms with Gasteiger partial charge in [-0.1, -0.05) is 17.7 Å². The first-order valence-electron chi connectivity index (χ1n) is 10.6. The Morgan fingerprint density at radius 3 is 2.53 bits per heavy atom. The molecule has 2 aromatic rings. The Kier molecular flexibility index (Phi) is 4.63. The first-order valence-corrected chi connectivity index (χ1v) is 12.2. The number of anilines is 2. The molecule has 3 aliphatic heterocycles. The smallest absolute Gasteiger partial charge is 0.258 e. The molecule has 158 valence electrons. The molecule has 30 heavy (non-hydrogen) atoms. The molecular formula is C23H27N3O3S. The summed E-state index contributed by atoms with van der Waals surface area (Å²) in [7, 11) is -1.08. The summed E-state index contributed by atoms with van der Waals surface area (Å²) in [5.74, 6) is 0.513. The van der Waals surface area contributed by atoms with Crippen LogP contribution in [0.2, 0.25) is 0 Å². The van der Waals surface area contributed by atoms with Gasteiger partial charge in [0, 0.05) is 36.3 Å². The zero-order valence-corrected chi connectivity index (χ0v) is 18.2. The monoisotopic (exact) mass is 425 g/mol. The summed E-state index contributed by atoms with van der Waals surface area (Å²) in [4.78, 5) is 17.9. The predicted molar refractivity (Wildman–Crippen MR) is 119 cm³/mol. The Morgan fingerprint density at radius 1 is 1.07 bits per heavy atom. The molecule has 5 rings (SSSR count). The number of carbonyl (C=O) groups is 1. The van der Waals surface area contributed by atoms with E-state index < -0.39 is 10.0 Å². The Morgan fingerprint density at radius 2 is 1.83 bits per heavy atom. The molecule has 0 aliphatic carbocycles. The summed E-state index contributed by atoms with van der Waals surface area (Å²) in [5, 5.41) is 0.